The number of ether oxygens (including phenoxy) is 2. The van der Waals surface area contributed by atoms with Crippen molar-refractivity contribution in [3.63, 3.8) is 0 Å². The van der Waals surface area contributed by atoms with E-state index >= 15 is 0 Å². The quantitative estimate of drug-likeness (QED) is 0.749. The summed E-state index contributed by atoms with van der Waals surface area (Å²) in [5.41, 5.74) is 7.67. The molecule has 30 heavy (non-hydrogen) atoms. The lowest BCUT2D eigenvalue weighted by Crippen LogP contribution is -2.33. The Kier molecular flexibility index (Phi) is 6.04. The lowest BCUT2D eigenvalue weighted by molar-refractivity contribution is 0.370. The second-order valence-corrected chi connectivity index (χ2v) is 7.53. The first-order chi connectivity index (χ1) is 14.3. The third kappa shape index (κ3) is 3.84. The van der Waals surface area contributed by atoms with Crippen molar-refractivity contribution in [1.82, 2.24) is 9.47 Å². The molecule has 1 aliphatic rings. The molecule has 1 aliphatic heterocycles. The van der Waals surface area contributed by atoms with Gasteiger partial charge in [-0.3, -0.25) is 4.79 Å². The van der Waals surface area contributed by atoms with Gasteiger partial charge < -0.3 is 29.8 Å². The monoisotopic (exact) mass is 410 g/mol. The summed E-state index contributed by atoms with van der Waals surface area (Å²) in [5, 5.41) is 19.7. The molecule has 1 aromatic heterocycles. The van der Waals surface area contributed by atoms with Crippen LogP contribution in [0.25, 0.3) is 0 Å². The molecule has 158 valence electrons. The van der Waals surface area contributed by atoms with Crippen LogP contribution < -0.4 is 20.8 Å². The molecule has 3 rings (SSSR count). The largest absolute Gasteiger partial charge is 0.504 e. The van der Waals surface area contributed by atoms with E-state index in [0.717, 1.165) is 18.7 Å². The molecule has 8 heteroatoms. The van der Waals surface area contributed by atoms with Crippen LogP contribution in [-0.4, -0.2) is 42.3 Å². The van der Waals surface area contributed by atoms with Gasteiger partial charge in [-0.05, 0) is 51.7 Å². The van der Waals surface area contributed by atoms with Crippen molar-refractivity contribution in [3.8, 4) is 23.3 Å². The van der Waals surface area contributed by atoms with Crippen LogP contribution >= 0.6 is 0 Å². The number of nitrogens with two attached hydrogens (primary N) is 1. The fourth-order valence-electron chi connectivity index (χ4n) is 3.72. The Bertz CT molecular complexity index is 1100. The average molecular weight is 410 g/mol. The number of aromatic hydroxyl groups is 1. The van der Waals surface area contributed by atoms with Crippen molar-refractivity contribution < 1.29 is 14.6 Å². The molecule has 0 bridgehead atoms. The number of fused-ring (bicyclic) bond motifs is 1. The van der Waals surface area contributed by atoms with Crippen LogP contribution in [0.1, 0.15) is 29.2 Å². The molecule has 0 radical (unpaired) electrons. The number of allylic oxidation sites excluding steroid dienone is 1. The molecule has 0 fully saturated rings. The number of hydrogen-bond donors (Lipinski definition) is 2. The molecular formula is C22H26N4O4. The molecule has 1 atom stereocenters. The molecule has 2 aromatic rings. The maximum atomic E-state index is 13.5. The summed E-state index contributed by atoms with van der Waals surface area (Å²) in [4.78, 5) is 15.6. The molecule has 0 saturated carbocycles. The maximum absolute atomic E-state index is 13.5. The molecule has 3 N–H and O–H groups in total. The fraction of sp³-hybridized carbons (Fsp3) is 0.364. The molecule has 0 saturated heterocycles. The van der Waals surface area contributed by atoms with Gasteiger partial charge in [-0.25, -0.2) is 0 Å². The molecule has 1 aromatic carbocycles. The third-order valence-corrected chi connectivity index (χ3v) is 5.21. The number of phenolic OH excluding ortho intramolecular Hbond substituents is 1. The van der Waals surface area contributed by atoms with E-state index in [1.54, 1.807) is 22.8 Å². The van der Waals surface area contributed by atoms with Crippen LogP contribution in [0.2, 0.25) is 0 Å². The fourth-order valence-corrected chi connectivity index (χ4v) is 3.72. The predicted octanol–water partition coefficient (Wildman–Crippen LogP) is 2.04. The van der Waals surface area contributed by atoms with Crippen molar-refractivity contribution in [2.75, 3.05) is 27.7 Å². The van der Waals surface area contributed by atoms with Gasteiger partial charge >= 0.3 is 0 Å². The van der Waals surface area contributed by atoms with Gasteiger partial charge in [-0.1, -0.05) is 6.07 Å². The molecule has 0 aliphatic carbocycles. The zero-order valence-electron chi connectivity index (χ0n) is 17.6. The van der Waals surface area contributed by atoms with Crippen LogP contribution in [0.4, 0.5) is 0 Å². The standard InChI is InChI=1S/C22H26N4O4/c1-13-10-18-20(22(28)26(13)9-5-8-25(2)3)19(15(12-23)21(24)30-18)14-6-7-16(27)17(11-14)29-4/h6-7,10-11,19,27H,5,8-9,24H2,1-4H3. The van der Waals surface area contributed by atoms with Gasteiger partial charge in [-0.2, -0.15) is 5.26 Å². The average Bonchev–Trinajstić information content (AvgIpc) is 2.69. The van der Waals surface area contributed by atoms with Crippen molar-refractivity contribution >= 4 is 0 Å². The normalized spacial score (nSPS) is 15.5. The van der Waals surface area contributed by atoms with Crippen molar-refractivity contribution in [3.05, 3.63) is 62.9 Å². The van der Waals surface area contributed by atoms with E-state index < -0.39 is 5.92 Å². The third-order valence-electron chi connectivity index (χ3n) is 5.21. The zero-order chi connectivity index (χ0) is 22.0. The van der Waals surface area contributed by atoms with Crippen molar-refractivity contribution in [2.24, 2.45) is 5.73 Å². The van der Waals surface area contributed by atoms with E-state index in [-0.39, 0.29) is 28.5 Å². The van der Waals surface area contributed by atoms with Crippen LogP contribution in [0, 0.1) is 18.3 Å². The van der Waals surface area contributed by atoms with Gasteiger partial charge in [0.25, 0.3) is 5.56 Å². The molecule has 1 unspecified atom stereocenters. The molecule has 8 nitrogen and oxygen atoms in total. The number of aromatic nitrogens is 1. The van der Waals surface area contributed by atoms with E-state index in [0.29, 0.717) is 23.4 Å². The smallest absolute Gasteiger partial charge is 0.258 e. The highest BCUT2D eigenvalue weighted by atomic mass is 16.5. The van der Waals surface area contributed by atoms with Gasteiger partial charge in [0, 0.05) is 18.3 Å². The number of pyridine rings is 1. The van der Waals surface area contributed by atoms with Gasteiger partial charge in [0.2, 0.25) is 5.88 Å². The number of nitrogens with zero attached hydrogens (tertiary/aromatic N) is 3. The second-order valence-electron chi connectivity index (χ2n) is 7.53. The van der Waals surface area contributed by atoms with Crippen LogP contribution in [-0.2, 0) is 6.54 Å². The van der Waals surface area contributed by atoms with Gasteiger partial charge in [0.15, 0.2) is 11.5 Å². The highest BCUT2D eigenvalue weighted by Crippen LogP contribution is 2.42. The second kappa shape index (κ2) is 8.51. The summed E-state index contributed by atoms with van der Waals surface area (Å²) in [6.07, 6.45) is 0.800. The zero-order valence-corrected chi connectivity index (χ0v) is 17.6. The van der Waals surface area contributed by atoms with Crippen LogP contribution in [0.15, 0.2) is 40.5 Å². The highest BCUT2D eigenvalue weighted by molar-refractivity contribution is 5.57. The number of nitriles is 1. The Labute approximate surface area is 175 Å². The minimum atomic E-state index is -0.721. The first-order valence-electron chi connectivity index (χ1n) is 9.62. The summed E-state index contributed by atoms with van der Waals surface area (Å²) >= 11 is 0. The lowest BCUT2D eigenvalue weighted by atomic mass is 9.84. The van der Waals surface area contributed by atoms with Crippen molar-refractivity contribution in [1.29, 1.82) is 5.26 Å². The van der Waals surface area contributed by atoms with E-state index in [1.807, 2.05) is 21.0 Å². The number of phenols is 1. The minimum Gasteiger partial charge on any atom is -0.504 e. The number of aryl methyl sites for hydroxylation is 1. The van der Waals surface area contributed by atoms with Crippen LogP contribution in [0.3, 0.4) is 0 Å². The predicted molar refractivity (Wildman–Crippen MR) is 113 cm³/mol. The van der Waals surface area contributed by atoms with Crippen molar-refractivity contribution in [2.45, 2.75) is 25.8 Å². The highest BCUT2D eigenvalue weighted by Gasteiger charge is 2.34. The molecular weight excluding hydrogens is 384 g/mol. The Hall–Kier alpha value is -3.44. The van der Waals surface area contributed by atoms with E-state index in [4.69, 9.17) is 15.2 Å². The molecule has 0 spiro atoms. The summed E-state index contributed by atoms with van der Waals surface area (Å²) < 4.78 is 12.6. The SMILES string of the molecule is COc1cc(C2C(C#N)=C(N)Oc3cc(C)n(CCCN(C)C)c(=O)c32)ccc1O. The van der Waals surface area contributed by atoms with Gasteiger partial charge in [-0.15, -0.1) is 0 Å². The van der Waals surface area contributed by atoms with E-state index in [2.05, 4.69) is 11.0 Å². The van der Waals surface area contributed by atoms with Gasteiger partial charge in [0.05, 0.1) is 18.6 Å². The Morgan fingerprint density at radius 3 is 2.73 bits per heavy atom. The Morgan fingerprint density at radius 1 is 1.37 bits per heavy atom. The summed E-state index contributed by atoms with van der Waals surface area (Å²) in [5.74, 6) is -0.202. The topological polar surface area (TPSA) is 114 Å². The van der Waals surface area contributed by atoms with E-state index in [9.17, 15) is 15.2 Å². The number of methoxy groups -OCH3 is 1. The number of benzene rings is 1. The Balaban J connectivity index is 2.19. The van der Waals surface area contributed by atoms with Crippen LogP contribution in [0.5, 0.6) is 17.2 Å². The minimum absolute atomic E-state index is 0.0333. The number of hydrogen-bond acceptors (Lipinski definition) is 7. The number of rotatable bonds is 6. The van der Waals surface area contributed by atoms with Gasteiger partial charge in [0.1, 0.15) is 17.4 Å². The molecule has 2 heterocycles. The summed E-state index contributed by atoms with van der Waals surface area (Å²) in [6, 6.07) is 8.59. The summed E-state index contributed by atoms with van der Waals surface area (Å²) in [7, 11) is 5.40. The first kappa shape index (κ1) is 21.3. The van der Waals surface area contributed by atoms with E-state index in [1.165, 1.54) is 13.2 Å². The summed E-state index contributed by atoms with van der Waals surface area (Å²) in [6.45, 7) is 3.23. The maximum Gasteiger partial charge on any atom is 0.258 e. The lowest BCUT2D eigenvalue weighted by Gasteiger charge is -2.27. The first-order valence-corrected chi connectivity index (χ1v) is 9.62. The Morgan fingerprint density at radius 2 is 2.10 bits per heavy atom. The molecule has 0 amide bonds.